The summed E-state index contributed by atoms with van der Waals surface area (Å²) in [5.74, 6) is -0.277. The van der Waals surface area contributed by atoms with E-state index in [0.717, 1.165) is 29.3 Å². The van der Waals surface area contributed by atoms with Crippen molar-refractivity contribution in [3.05, 3.63) is 9.66 Å². The summed E-state index contributed by atoms with van der Waals surface area (Å²) < 4.78 is 6.31. The molecule has 18 heavy (non-hydrogen) atoms. The lowest BCUT2D eigenvalue weighted by Crippen LogP contribution is -2.46. The molecule has 0 spiro atoms. The highest BCUT2D eigenvalue weighted by Gasteiger charge is 2.51. The lowest BCUT2D eigenvalue weighted by atomic mass is 9.66. The van der Waals surface area contributed by atoms with Crippen LogP contribution in [0.4, 0.5) is 0 Å². The highest BCUT2D eigenvalue weighted by Crippen LogP contribution is 2.45. The van der Waals surface area contributed by atoms with Crippen LogP contribution in [0, 0.1) is 11.3 Å². The maximum atomic E-state index is 12.6. The van der Waals surface area contributed by atoms with Gasteiger partial charge >= 0.3 is 5.97 Å². The van der Waals surface area contributed by atoms with Crippen molar-refractivity contribution in [2.75, 3.05) is 6.61 Å². The molecule has 4 heteroatoms. The monoisotopic (exact) mass is 362 g/mol. The first kappa shape index (κ1) is 14.0. The van der Waals surface area contributed by atoms with Gasteiger partial charge in [-0.05, 0) is 45.9 Å². The van der Waals surface area contributed by atoms with E-state index in [-0.39, 0.29) is 17.7 Å². The van der Waals surface area contributed by atoms with Crippen LogP contribution in [0.2, 0.25) is 0 Å². The van der Waals surface area contributed by atoms with Crippen molar-refractivity contribution in [2.45, 2.75) is 45.4 Å². The maximum absolute atomic E-state index is 12.6. The summed E-state index contributed by atoms with van der Waals surface area (Å²) in [6.45, 7) is 2.14. The average molecular weight is 362 g/mol. The van der Waals surface area contributed by atoms with Gasteiger partial charge in [-0.15, -0.1) is 0 Å². The van der Waals surface area contributed by atoms with E-state index >= 15 is 0 Å². The van der Waals surface area contributed by atoms with Gasteiger partial charge in [0, 0.05) is 12.3 Å². The smallest absolute Gasteiger partial charge is 0.319 e. The molecular weight excluding hydrogens is 343 g/mol. The molecule has 1 saturated carbocycles. The fraction of sp³-hybridized carbons (Fsp3) is 0.714. The third-order valence-corrected chi connectivity index (χ3v) is 4.69. The molecule has 0 aliphatic heterocycles. The van der Waals surface area contributed by atoms with E-state index in [9.17, 15) is 9.59 Å². The number of halogens is 1. The van der Waals surface area contributed by atoms with Gasteiger partial charge in [0.05, 0.1) is 6.61 Å². The second kappa shape index (κ2) is 5.72. The number of ketones is 1. The Balaban J connectivity index is 2.36. The minimum absolute atomic E-state index is 0.0737. The second-order valence-electron chi connectivity index (χ2n) is 5.16. The Hall–Kier alpha value is -0.390. The molecule has 0 aromatic rings. The molecule has 3 nitrogen and oxygen atoms in total. The number of ether oxygens (including phenoxy) is 1. The first-order valence-corrected chi connectivity index (χ1v) is 7.76. The summed E-state index contributed by atoms with van der Waals surface area (Å²) in [4.78, 5) is 24.9. The van der Waals surface area contributed by atoms with E-state index in [4.69, 9.17) is 4.74 Å². The van der Waals surface area contributed by atoms with Gasteiger partial charge in [-0.25, -0.2) is 0 Å². The van der Waals surface area contributed by atoms with E-state index in [1.165, 1.54) is 0 Å². The van der Waals surface area contributed by atoms with Crippen LogP contribution in [0.15, 0.2) is 9.66 Å². The number of rotatable bonds is 2. The van der Waals surface area contributed by atoms with E-state index in [0.29, 0.717) is 19.4 Å². The standard InChI is InChI=1S/C14H19IO3/c1-2-18-13(17)14-7-5-3-4-6-10(12(14)16)8-11(15)9-14/h8,10H,2-7,9H2,1H3. The Morgan fingerprint density at radius 1 is 1.50 bits per heavy atom. The van der Waals surface area contributed by atoms with Gasteiger partial charge in [-0.3, -0.25) is 9.59 Å². The predicted octanol–water partition coefficient (Wildman–Crippen LogP) is 3.41. The van der Waals surface area contributed by atoms with Gasteiger partial charge in [-0.1, -0.05) is 25.3 Å². The number of hydrogen-bond donors (Lipinski definition) is 0. The van der Waals surface area contributed by atoms with Gasteiger partial charge in [0.15, 0.2) is 5.78 Å². The maximum Gasteiger partial charge on any atom is 0.319 e. The Labute approximate surface area is 121 Å². The fourth-order valence-corrected chi connectivity index (χ4v) is 4.11. The zero-order chi connectivity index (χ0) is 13.2. The number of fused-ring (bicyclic) bond motifs is 2. The van der Waals surface area contributed by atoms with E-state index in [2.05, 4.69) is 22.6 Å². The summed E-state index contributed by atoms with van der Waals surface area (Å²) >= 11 is 2.26. The number of esters is 1. The van der Waals surface area contributed by atoms with Gasteiger partial charge in [0.1, 0.15) is 5.41 Å². The predicted molar refractivity (Wildman–Crippen MR) is 77.4 cm³/mol. The number of allylic oxidation sites excluding steroid dienone is 2. The molecule has 2 aliphatic rings. The average Bonchev–Trinajstić information content (AvgIpc) is 2.33. The molecule has 1 fully saturated rings. The molecule has 0 amide bonds. The third-order valence-electron chi connectivity index (χ3n) is 3.95. The van der Waals surface area contributed by atoms with Crippen LogP contribution in [0.3, 0.4) is 0 Å². The molecule has 2 unspecified atom stereocenters. The summed E-state index contributed by atoms with van der Waals surface area (Å²) in [5.41, 5.74) is -0.883. The highest BCUT2D eigenvalue weighted by molar-refractivity contribution is 14.1. The van der Waals surface area contributed by atoms with Crippen LogP contribution in [0.1, 0.15) is 45.4 Å². The van der Waals surface area contributed by atoms with Crippen molar-refractivity contribution in [3.63, 3.8) is 0 Å². The topological polar surface area (TPSA) is 43.4 Å². The minimum Gasteiger partial charge on any atom is -0.465 e. The third kappa shape index (κ3) is 2.49. The number of carbonyl (C=O) groups is 2. The van der Waals surface area contributed by atoms with Crippen LogP contribution in [0.5, 0.6) is 0 Å². The quantitative estimate of drug-likeness (QED) is 0.430. The van der Waals surface area contributed by atoms with Gasteiger partial charge in [-0.2, -0.15) is 0 Å². The van der Waals surface area contributed by atoms with E-state index < -0.39 is 5.41 Å². The van der Waals surface area contributed by atoms with Crippen molar-refractivity contribution in [1.82, 2.24) is 0 Å². The first-order valence-electron chi connectivity index (χ1n) is 6.68. The summed E-state index contributed by atoms with van der Waals surface area (Å²) in [5, 5.41) is 0. The zero-order valence-electron chi connectivity index (χ0n) is 10.7. The Morgan fingerprint density at radius 2 is 2.28 bits per heavy atom. The normalized spacial score (nSPS) is 32.2. The molecule has 0 aromatic heterocycles. The largest absolute Gasteiger partial charge is 0.465 e. The van der Waals surface area contributed by atoms with Crippen LogP contribution < -0.4 is 0 Å². The SMILES string of the molecule is CCOC(=O)C12CCCCCC(C=C(I)C1)C2=O. The zero-order valence-corrected chi connectivity index (χ0v) is 12.9. The lowest BCUT2D eigenvalue weighted by molar-refractivity contribution is -0.162. The van der Waals surface area contributed by atoms with Crippen molar-refractivity contribution in [3.8, 4) is 0 Å². The molecule has 2 bridgehead atoms. The molecule has 2 rings (SSSR count). The molecule has 2 aliphatic carbocycles. The second-order valence-corrected chi connectivity index (χ2v) is 6.55. The molecule has 100 valence electrons. The van der Waals surface area contributed by atoms with Crippen molar-refractivity contribution in [2.24, 2.45) is 11.3 Å². The molecule has 0 N–H and O–H groups in total. The molecule has 0 heterocycles. The van der Waals surface area contributed by atoms with E-state index in [1.807, 2.05) is 6.08 Å². The number of carbonyl (C=O) groups excluding carboxylic acids is 2. The van der Waals surface area contributed by atoms with E-state index in [1.54, 1.807) is 6.92 Å². The first-order chi connectivity index (χ1) is 8.60. The van der Waals surface area contributed by atoms with Crippen LogP contribution >= 0.6 is 22.6 Å². The summed E-state index contributed by atoms with van der Waals surface area (Å²) in [6, 6.07) is 0. The molecular formula is C14H19IO3. The van der Waals surface area contributed by atoms with Gasteiger partial charge in [0.2, 0.25) is 0 Å². The van der Waals surface area contributed by atoms with Crippen molar-refractivity contribution >= 4 is 34.3 Å². The summed E-state index contributed by atoms with van der Waals surface area (Å²) in [7, 11) is 0. The Morgan fingerprint density at radius 3 is 3.00 bits per heavy atom. The van der Waals surface area contributed by atoms with Crippen molar-refractivity contribution in [1.29, 1.82) is 0 Å². The molecule has 2 atom stereocenters. The van der Waals surface area contributed by atoms with Crippen molar-refractivity contribution < 1.29 is 14.3 Å². The van der Waals surface area contributed by atoms with Crippen LogP contribution in [0.25, 0.3) is 0 Å². The minimum atomic E-state index is -0.883. The number of hydrogen-bond acceptors (Lipinski definition) is 3. The van der Waals surface area contributed by atoms with Gasteiger partial charge < -0.3 is 4.74 Å². The van der Waals surface area contributed by atoms with Crippen LogP contribution in [-0.2, 0) is 14.3 Å². The Bertz CT molecular complexity index is 389. The molecule has 0 aromatic carbocycles. The van der Waals surface area contributed by atoms with Gasteiger partial charge in [0.25, 0.3) is 0 Å². The summed E-state index contributed by atoms with van der Waals surface area (Å²) in [6.07, 6.45) is 7.26. The lowest BCUT2D eigenvalue weighted by Gasteiger charge is -2.37. The van der Waals surface area contributed by atoms with Crippen LogP contribution in [-0.4, -0.2) is 18.4 Å². The highest BCUT2D eigenvalue weighted by atomic mass is 127. The fourth-order valence-electron chi connectivity index (χ4n) is 3.02. The number of Topliss-reactive ketones (excluding diaryl/α,β-unsaturated/α-hetero) is 1. The Kier molecular flexibility index (Phi) is 4.45. The molecule has 0 saturated heterocycles. The molecule has 0 radical (unpaired) electrons.